The molecule has 144 valence electrons. The van der Waals surface area contributed by atoms with Gasteiger partial charge >= 0.3 is 0 Å². The first-order chi connectivity index (χ1) is 14.0. The van der Waals surface area contributed by atoms with Crippen LogP contribution < -0.4 is 5.56 Å². The maximum atomic E-state index is 13.6. The van der Waals surface area contributed by atoms with E-state index in [2.05, 4.69) is 39.8 Å². The quantitative estimate of drug-likeness (QED) is 0.417. The minimum atomic E-state index is -0.0564. The van der Waals surface area contributed by atoms with E-state index in [1.54, 1.807) is 15.4 Å². The fourth-order valence-electron chi connectivity index (χ4n) is 3.48. The minimum Gasteiger partial charge on any atom is -0.280 e. The van der Waals surface area contributed by atoms with Crippen molar-refractivity contribution >= 4 is 26.7 Å². The highest BCUT2D eigenvalue weighted by molar-refractivity contribution is 9.10. The van der Waals surface area contributed by atoms with E-state index in [4.69, 9.17) is 0 Å². The van der Waals surface area contributed by atoms with Crippen LogP contribution in [0.4, 0.5) is 0 Å². The summed E-state index contributed by atoms with van der Waals surface area (Å²) >= 11 is 3.75. The van der Waals surface area contributed by atoms with Gasteiger partial charge in [-0.25, -0.2) is 0 Å². The SMILES string of the molecule is CCc1c(Br)c2cccc(C#Cc3cnn(C)c3C)c2c(=O)n1-c1ccccc1. The predicted molar refractivity (Wildman–Crippen MR) is 121 cm³/mol. The summed E-state index contributed by atoms with van der Waals surface area (Å²) in [6, 6.07) is 15.5. The van der Waals surface area contributed by atoms with Gasteiger partial charge in [0.2, 0.25) is 0 Å². The molecule has 0 saturated carbocycles. The van der Waals surface area contributed by atoms with E-state index in [9.17, 15) is 4.79 Å². The fraction of sp³-hybridized carbons (Fsp3) is 0.167. The summed E-state index contributed by atoms with van der Waals surface area (Å²) < 4.78 is 4.51. The van der Waals surface area contributed by atoms with Crippen LogP contribution in [0.2, 0.25) is 0 Å². The normalized spacial score (nSPS) is 10.8. The zero-order chi connectivity index (χ0) is 20.5. The van der Waals surface area contributed by atoms with Gasteiger partial charge in [0.1, 0.15) is 0 Å². The molecule has 4 nitrogen and oxygen atoms in total. The van der Waals surface area contributed by atoms with E-state index < -0.39 is 0 Å². The van der Waals surface area contributed by atoms with Gasteiger partial charge in [-0.05, 0) is 47.5 Å². The number of rotatable bonds is 2. The smallest absolute Gasteiger partial charge is 0.264 e. The molecule has 0 amide bonds. The molecule has 2 aromatic carbocycles. The summed E-state index contributed by atoms with van der Waals surface area (Å²) in [6.07, 6.45) is 2.48. The molecule has 0 atom stereocenters. The van der Waals surface area contributed by atoms with Gasteiger partial charge in [0.25, 0.3) is 5.56 Å². The van der Waals surface area contributed by atoms with Gasteiger partial charge in [0.15, 0.2) is 0 Å². The number of aryl methyl sites for hydroxylation is 1. The Balaban J connectivity index is 2.03. The average Bonchev–Trinajstić information content (AvgIpc) is 3.07. The topological polar surface area (TPSA) is 39.8 Å². The largest absolute Gasteiger partial charge is 0.280 e. The van der Waals surface area contributed by atoms with Gasteiger partial charge in [-0.1, -0.05) is 49.1 Å². The molecule has 0 N–H and O–H groups in total. The van der Waals surface area contributed by atoms with Crippen molar-refractivity contribution in [2.24, 2.45) is 7.05 Å². The van der Waals surface area contributed by atoms with Crippen molar-refractivity contribution in [3.63, 3.8) is 0 Å². The summed E-state index contributed by atoms with van der Waals surface area (Å²) in [5.41, 5.74) is 4.30. The van der Waals surface area contributed by atoms with Gasteiger partial charge < -0.3 is 0 Å². The lowest BCUT2D eigenvalue weighted by molar-refractivity contribution is 0.740. The Morgan fingerprint density at radius 1 is 1.03 bits per heavy atom. The van der Waals surface area contributed by atoms with Crippen LogP contribution in [-0.4, -0.2) is 14.3 Å². The highest BCUT2D eigenvalue weighted by atomic mass is 79.9. The molecule has 0 aliphatic rings. The maximum Gasteiger partial charge on any atom is 0.264 e. The first kappa shape index (κ1) is 19.2. The summed E-state index contributed by atoms with van der Waals surface area (Å²) in [7, 11) is 1.89. The number of nitrogens with zero attached hydrogens (tertiary/aromatic N) is 3. The molecule has 0 spiro atoms. The number of hydrogen-bond donors (Lipinski definition) is 0. The second-order valence-corrected chi connectivity index (χ2v) is 7.63. The zero-order valence-electron chi connectivity index (χ0n) is 16.5. The maximum absolute atomic E-state index is 13.6. The van der Waals surface area contributed by atoms with Crippen LogP contribution in [0, 0.1) is 18.8 Å². The van der Waals surface area contributed by atoms with E-state index >= 15 is 0 Å². The Labute approximate surface area is 177 Å². The number of pyridine rings is 1. The molecule has 0 aliphatic carbocycles. The van der Waals surface area contributed by atoms with Gasteiger partial charge in [-0.3, -0.25) is 14.0 Å². The highest BCUT2D eigenvalue weighted by Crippen LogP contribution is 2.29. The molecule has 29 heavy (non-hydrogen) atoms. The minimum absolute atomic E-state index is 0.0564. The van der Waals surface area contributed by atoms with E-state index in [1.807, 2.05) is 62.5 Å². The number of fused-ring (bicyclic) bond motifs is 1. The molecule has 2 aromatic heterocycles. The Kier molecular flexibility index (Phi) is 5.12. The first-order valence-electron chi connectivity index (χ1n) is 9.45. The van der Waals surface area contributed by atoms with Gasteiger partial charge in [0.05, 0.1) is 22.8 Å². The van der Waals surface area contributed by atoms with Crippen LogP contribution in [0.1, 0.15) is 29.4 Å². The average molecular weight is 446 g/mol. The van der Waals surface area contributed by atoms with E-state index in [-0.39, 0.29) is 5.56 Å². The lowest BCUT2D eigenvalue weighted by atomic mass is 10.0. The van der Waals surface area contributed by atoms with Gasteiger partial charge in [-0.2, -0.15) is 5.10 Å². The number of benzene rings is 2. The molecular formula is C24H20BrN3O. The molecule has 4 rings (SSSR count). The van der Waals surface area contributed by atoms with E-state index in [1.165, 1.54) is 0 Å². The third-order valence-corrected chi connectivity index (χ3v) is 6.04. The zero-order valence-corrected chi connectivity index (χ0v) is 18.1. The monoisotopic (exact) mass is 445 g/mol. The Hall–Kier alpha value is -3.10. The molecule has 0 bridgehead atoms. The summed E-state index contributed by atoms with van der Waals surface area (Å²) in [6.45, 7) is 4.03. The molecular weight excluding hydrogens is 426 g/mol. The van der Waals surface area contributed by atoms with Crippen LogP contribution in [0.3, 0.4) is 0 Å². The van der Waals surface area contributed by atoms with Gasteiger partial charge in [-0.15, -0.1) is 0 Å². The van der Waals surface area contributed by atoms with Crippen molar-refractivity contribution in [1.29, 1.82) is 0 Å². The van der Waals surface area contributed by atoms with Crippen molar-refractivity contribution in [2.75, 3.05) is 0 Å². The predicted octanol–water partition coefficient (Wildman–Crippen LogP) is 4.76. The summed E-state index contributed by atoms with van der Waals surface area (Å²) in [5, 5.41) is 5.74. The van der Waals surface area contributed by atoms with Crippen LogP contribution >= 0.6 is 15.9 Å². The van der Waals surface area contributed by atoms with E-state index in [0.29, 0.717) is 10.9 Å². The third-order valence-electron chi connectivity index (χ3n) is 5.16. The van der Waals surface area contributed by atoms with E-state index in [0.717, 1.165) is 38.9 Å². The Bertz CT molecular complexity index is 1340. The first-order valence-corrected chi connectivity index (χ1v) is 10.2. The Morgan fingerprint density at radius 2 is 1.76 bits per heavy atom. The third kappa shape index (κ3) is 3.30. The van der Waals surface area contributed by atoms with Crippen molar-refractivity contribution < 1.29 is 0 Å². The molecule has 0 aliphatic heterocycles. The molecule has 2 heterocycles. The van der Waals surface area contributed by atoms with Crippen molar-refractivity contribution in [2.45, 2.75) is 20.3 Å². The molecule has 0 radical (unpaired) electrons. The van der Waals surface area contributed by atoms with Crippen LogP contribution in [0.5, 0.6) is 0 Å². The van der Waals surface area contributed by atoms with Crippen molar-refractivity contribution in [3.05, 3.63) is 92.1 Å². The molecule has 0 saturated heterocycles. The van der Waals surface area contributed by atoms with Crippen LogP contribution in [-0.2, 0) is 13.5 Å². The number of hydrogen-bond acceptors (Lipinski definition) is 2. The van der Waals surface area contributed by atoms with Crippen LogP contribution in [0.15, 0.2) is 64.0 Å². The summed E-state index contributed by atoms with van der Waals surface area (Å²) in [5.74, 6) is 6.38. The van der Waals surface area contributed by atoms with Crippen molar-refractivity contribution in [3.8, 4) is 17.5 Å². The fourth-order valence-corrected chi connectivity index (χ4v) is 4.27. The lowest BCUT2D eigenvalue weighted by Crippen LogP contribution is -2.23. The van der Waals surface area contributed by atoms with Crippen LogP contribution in [0.25, 0.3) is 16.5 Å². The molecule has 5 heteroatoms. The number of aromatic nitrogens is 3. The van der Waals surface area contributed by atoms with Gasteiger partial charge in [0, 0.05) is 33.9 Å². The molecule has 0 fully saturated rings. The molecule has 4 aromatic rings. The number of halogens is 1. The second-order valence-electron chi connectivity index (χ2n) is 6.84. The number of para-hydroxylation sites is 1. The molecule has 0 unspecified atom stereocenters. The Morgan fingerprint density at radius 3 is 2.41 bits per heavy atom. The standard InChI is InChI=1S/C24H20BrN3O/c1-4-21-23(25)20-12-8-9-17(13-14-18-15-26-27(3)16(18)2)22(20)24(29)28(21)19-10-6-5-7-11-19/h5-12,15H,4H2,1-3H3. The highest BCUT2D eigenvalue weighted by Gasteiger charge is 2.17. The van der Waals surface area contributed by atoms with Crippen molar-refractivity contribution in [1.82, 2.24) is 14.3 Å². The summed E-state index contributed by atoms with van der Waals surface area (Å²) in [4.78, 5) is 13.6. The lowest BCUT2D eigenvalue weighted by Gasteiger charge is -2.16. The second kappa shape index (κ2) is 7.73.